The van der Waals surface area contributed by atoms with Gasteiger partial charge in [0.05, 0.1) is 18.8 Å². The lowest BCUT2D eigenvalue weighted by atomic mass is 9.93. The molecule has 0 N–H and O–H groups in total. The molecule has 2 unspecified atom stereocenters. The van der Waals surface area contributed by atoms with E-state index in [-0.39, 0.29) is 11.3 Å². The van der Waals surface area contributed by atoms with Crippen LogP contribution in [-0.4, -0.2) is 36.1 Å². The molecule has 2 atom stereocenters. The lowest BCUT2D eigenvalue weighted by Crippen LogP contribution is -2.54. The van der Waals surface area contributed by atoms with Crippen molar-refractivity contribution in [1.82, 2.24) is 4.90 Å². The summed E-state index contributed by atoms with van der Waals surface area (Å²) in [6, 6.07) is 0.352. The predicted molar refractivity (Wildman–Crippen MR) is 58.5 cm³/mol. The van der Waals surface area contributed by atoms with Gasteiger partial charge in [0.1, 0.15) is 0 Å². The Morgan fingerprint density at radius 1 is 1.33 bits per heavy atom. The van der Waals surface area contributed by atoms with E-state index in [1.807, 2.05) is 20.8 Å². The van der Waals surface area contributed by atoms with Crippen LogP contribution >= 0.6 is 0 Å². The first-order valence-corrected chi connectivity index (χ1v) is 5.93. The van der Waals surface area contributed by atoms with Gasteiger partial charge < -0.3 is 9.64 Å². The van der Waals surface area contributed by atoms with E-state index in [2.05, 4.69) is 4.90 Å². The number of rotatable bonds is 0. The molecular weight excluding hydrogens is 190 g/mol. The molecule has 2 rings (SSSR count). The number of fused-ring (bicyclic) bond motifs is 1. The Balaban J connectivity index is 2.11. The van der Waals surface area contributed by atoms with Crippen molar-refractivity contribution < 1.29 is 9.53 Å². The molecule has 1 aliphatic carbocycles. The van der Waals surface area contributed by atoms with Crippen LogP contribution in [0.1, 0.15) is 40.0 Å². The molecule has 15 heavy (non-hydrogen) atoms. The number of carbonyl (C=O) groups is 1. The first-order chi connectivity index (χ1) is 7.00. The zero-order valence-electron chi connectivity index (χ0n) is 9.95. The zero-order valence-corrected chi connectivity index (χ0v) is 9.95. The van der Waals surface area contributed by atoms with Gasteiger partial charge >= 0.3 is 0 Å². The highest BCUT2D eigenvalue weighted by Crippen LogP contribution is 2.32. The highest BCUT2D eigenvalue weighted by Gasteiger charge is 2.41. The van der Waals surface area contributed by atoms with Gasteiger partial charge in [-0.05, 0) is 19.3 Å². The van der Waals surface area contributed by atoms with Crippen LogP contribution in [0.2, 0.25) is 0 Å². The Kier molecular flexibility index (Phi) is 2.75. The normalized spacial score (nSPS) is 31.5. The Morgan fingerprint density at radius 2 is 2.07 bits per heavy atom. The third kappa shape index (κ3) is 2.03. The van der Waals surface area contributed by atoms with Crippen LogP contribution in [-0.2, 0) is 9.53 Å². The standard InChI is InChI=1S/C12H21NO2/c1-12(2,3)11(14)13-7-8-15-10-6-4-5-9(10)13/h9-10H,4-8H2,1-3H3. The molecule has 0 radical (unpaired) electrons. The van der Waals surface area contributed by atoms with Crippen LogP contribution in [0.4, 0.5) is 0 Å². The van der Waals surface area contributed by atoms with Crippen LogP contribution in [0.5, 0.6) is 0 Å². The van der Waals surface area contributed by atoms with Crippen LogP contribution in [0.3, 0.4) is 0 Å². The largest absolute Gasteiger partial charge is 0.374 e. The van der Waals surface area contributed by atoms with Crippen molar-refractivity contribution in [2.24, 2.45) is 5.41 Å². The maximum Gasteiger partial charge on any atom is 0.228 e. The minimum atomic E-state index is -0.259. The van der Waals surface area contributed by atoms with Crippen LogP contribution < -0.4 is 0 Å². The molecule has 3 heteroatoms. The first kappa shape index (κ1) is 10.9. The summed E-state index contributed by atoms with van der Waals surface area (Å²) in [5.41, 5.74) is -0.259. The van der Waals surface area contributed by atoms with E-state index in [0.29, 0.717) is 18.8 Å². The summed E-state index contributed by atoms with van der Waals surface area (Å²) >= 11 is 0. The first-order valence-electron chi connectivity index (χ1n) is 5.93. The highest BCUT2D eigenvalue weighted by molar-refractivity contribution is 5.82. The number of carbonyl (C=O) groups excluding carboxylic acids is 1. The fourth-order valence-corrected chi connectivity index (χ4v) is 2.61. The summed E-state index contributed by atoms with van der Waals surface area (Å²) in [7, 11) is 0. The Bertz CT molecular complexity index is 257. The second-order valence-electron chi connectivity index (χ2n) is 5.66. The molecule has 0 spiro atoms. The van der Waals surface area contributed by atoms with Crippen molar-refractivity contribution in [2.75, 3.05) is 13.2 Å². The van der Waals surface area contributed by atoms with Gasteiger partial charge in [0.15, 0.2) is 0 Å². The highest BCUT2D eigenvalue weighted by atomic mass is 16.5. The molecule has 0 aromatic carbocycles. The van der Waals surface area contributed by atoms with Crippen LogP contribution in [0.15, 0.2) is 0 Å². The van der Waals surface area contributed by atoms with Gasteiger partial charge in [-0.15, -0.1) is 0 Å². The van der Waals surface area contributed by atoms with Gasteiger partial charge in [0, 0.05) is 12.0 Å². The van der Waals surface area contributed by atoms with E-state index in [0.717, 1.165) is 19.4 Å². The molecule has 1 aliphatic heterocycles. The van der Waals surface area contributed by atoms with E-state index in [9.17, 15) is 4.79 Å². The van der Waals surface area contributed by atoms with Crippen molar-refractivity contribution in [2.45, 2.75) is 52.2 Å². The van der Waals surface area contributed by atoms with Gasteiger partial charge in [0.25, 0.3) is 0 Å². The van der Waals surface area contributed by atoms with Gasteiger partial charge in [-0.3, -0.25) is 4.79 Å². The topological polar surface area (TPSA) is 29.5 Å². The van der Waals surface area contributed by atoms with Gasteiger partial charge in [0.2, 0.25) is 5.91 Å². The molecule has 0 bridgehead atoms. The average molecular weight is 211 g/mol. The maximum atomic E-state index is 12.2. The van der Waals surface area contributed by atoms with E-state index < -0.39 is 0 Å². The molecule has 86 valence electrons. The molecular formula is C12H21NO2. The summed E-state index contributed by atoms with van der Waals surface area (Å²) in [6.07, 6.45) is 3.75. The Morgan fingerprint density at radius 3 is 2.73 bits per heavy atom. The molecule has 1 amide bonds. The second-order valence-corrected chi connectivity index (χ2v) is 5.66. The maximum absolute atomic E-state index is 12.2. The lowest BCUT2D eigenvalue weighted by Gasteiger charge is -2.40. The molecule has 1 saturated heterocycles. The molecule has 0 aromatic heterocycles. The molecule has 0 aromatic rings. The molecule has 1 heterocycles. The van der Waals surface area contributed by atoms with Crippen LogP contribution in [0.25, 0.3) is 0 Å². The summed E-state index contributed by atoms with van der Waals surface area (Å²) in [5.74, 6) is 0.280. The molecule has 1 saturated carbocycles. The Labute approximate surface area is 91.8 Å². The van der Waals surface area contributed by atoms with Crippen molar-refractivity contribution in [3.05, 3.63) is 0 Å². The predicted octanol–water partition coefficient (Wildman–Crippen LogP) is 1.81. The third-order valence-corrected chi connectivity index (χ3v) is 3.38. The lowest BCUT2D eigenvalue weighted by molar-refractivity contribution is -0.152. The Hall–Kier alpha value is -0.570. The monoisotopic (exact) mass is 211 g/mol. The molecule has 2 fully saturated rings. The summed E-state index contributed by atoms with van der Waals surface area (Å²) in [5, 5.41) is 0. The van der Waals surface area contributed by atoms with E-state index >= 15 is 0 Å². The number of hydrogen-bond donors (Lipinski definition) is 0. The zero-order chi connectivity index (χ0) is 11.1. The third-order valence-electron chi connectivity index (χ3n) is 3.38. The summed E-state index contributed by atoms with van der Waals surface area (Å²) in [4.78, 5) is 14.3. The van der Waals surface area contributed by atoms with E-state index in [4.69, 9.17) is 4.74 Å². The van der Waals surface area contributed by atoms with Crippen LogP contribution in [0, 0.1) is 5.41 Å². The SMILES string of the molecule is CC(C)(C)C(=O)N1CCOC2CCCC21. The average Bonchev–Trinajstić information content (AvgIpc) is 2.62. The number of ether oxygens (including phenoxy) is 1. The fourth-order valence-electron chi connectivity index (χ4n) is 2.61. The molecule has 3 nitrogen and oxygen atoms in total. The second kappa shape index (κ2) is 3.78. The smallest absolute Gasteiger partial charge is 0.228 e. The van der Waals surface area contributed by atoms with Crippen molar-refractivity contribution in [3.63, 3.8) is 0 Å². The van der Waals surface area contributed by atoms with Crippen molar-refractivity contribution in [1.29, 1.82) is 0 Å². The summed E-state index contributed by atoms with van der Waals surface area (Å²) < 4.78 is 5.70. The molecule has 2 aliphatic rings. The number of morpholine rings is 1. The van der Waals surface area contributed by atoms with Gasteiger partial charge in [-0.25, -0.2) is 0 Å². The van der Waals surface area contributed by atoms with Crippen molar-refractivity contribution >= 4 is 5.91 Å². The minimum Gasteiger partial charge on any atom is -0.374 e. The van der Waals surface area contributed by atoms with Crippen molar-refractivity contribution in [3.8, 4) is 0 Å². The van der Waals surface area contributed by atoms with Gasteiger partial charge in [-0.1, -0.05) is 20.8 Å². The number of nitrogens with zero attached hydrogens (tertiary/aromatic N) is 1. The summed E-state index contributed by atoms with van der Waals surface area (Å²) in [6.45, 7) is 7.47. The minimum absolute atomic E-state index is 0.259. The number of amides is 1. The quantitative estimate of drug-likeness (QED) is 0.611. The van der Waals surface area contributed by atoms with Gasteiger partial charge in [-0.2, -0.15) is 0 Å². The number of hydrogen-bond acceptors (Lipinski definition) is 2. The fraction of sp³-hybridized carbons (Fsp3) is 0.917. The van der Waals surface area contributed by atoms with E-state index in [1.165, 1.54) is 6.42 Å². The van der Waals surface area contributed by atoms with E-state index in [1.54, 1.807) is 0 Å².